The van der Waals surface area contributed by atoms with Crippen LogP contribution in [0.3, 0.4) is 0 Å². The largest absolute Gasteiger partial charge is 0.462 e. The molecule has 1 fully saturated rings. The predicted octanol–water partition coefficient (Wildman–Crippen LogP) is 1.22. The summed E-state index contributed by atoms with van der Waals surface area (Å²) in [4.78, 5) is 24.9. The summed E-state index contributed by atoms with van der Waals surface area (Å²) < 4.78 is 4.90. The number of benzene rings is 1. The van der Waals surface area contributed by atoms with Gasteiger partial charge in [0.1, 0.15) is 0 Å². The summed E-state index contributed by atoms with van der Waals surface area (Å²) in [5, 5.41) is 3.02. The third-order valence-electron chi connectivity index (χ3n) is 2.78. The van der Waals surface area contributed by atoms with Gasteiger partial charge in [0, 0.05) is 18.8 Å². The van der Waals surface area contributed by atoms with Crippen LogP contribution in [0.15, 0.2) is 24.3 Å². The van der Waals surface area contributed by atoms with Gasteiger partial charge in [-0.05, 0) is 31.2 Å². The highest BCUT2D eigenvalue weighted by Crippen LogP contribution is 2.16. The number of carbonyl (C=O) groups is 2. The molecule has 0 unspecified atom stereocenters. The van der Waals surface area contributed by atoms with Gasteiger partial charge in [-0.25, -0.2) is 4.79 Å². The third-order valence-corrected chi connectivity index (χ3v) is 2.78. The summed E-state index contributed by atoms with van der Waals surface area (Å²) in [6, 6.07) is 6.91. The van der Waals surface area contributed by atoms with Gasteiger partial charge in [0.25, 0.3) is 0 Å². The fourth-order valence-electron chi connectivity index (χ4n) is 1.87. The van der Waals surface area contributed by atoms with Gasteiger partial charge in [-0.2, -0.15) is 0 Å². The Labute approximate surface area is 118 Å². The summed E-state index contributed by atoms with van der Waals surface area (Å²) in [5.41, 5.74) is 1.32. The number of rotatable bonds is 3. The summed E-state index contributed by atoms with van der Waals surface area (Å²) in [6.07, 6.45) is 0. The molecule has 5 nitrogen and oxygen atoms in total. The van der Waals surface area contributed by atoms with Gasteiger partial charge in [0.05, 0.1) is 18.7 Å². The fraction of sp³-hybridized carbons (Fsp3) is 0.385. The SMILES string of the molecule is CCOC(=O)c1ccc(N2CCNCC2=O)cc1.Cl. The van der Waals surface area contributed by atoms with Crippen LogP contribution in [0.2, 0.25) is 0 Å². The van der Waals surface area contributed by atoms with Gasteiger partial charge in [-0.3, -0.25) is 4.79 Å². The van der Waals surface area contributed by atoms with Crippen molar-refractivity contribution < 1.29 is 14.3 Å². The molecule has 1 aromatic rings. The van der Waals surface area contributed by atoms with Crippen LogP contribution in [0, 0.1) is 0 Å². The second-order valence-corrected chi connectivity index (χ2v) is 3.99. The van der Waals surface area contributed by atoms with Gasteiger partial charge in [0.15, 0.2) is 0 Å². The highest BCUT2D eigenvalue weighted by atomic mass is 35.5. The van der Waals surface area contributed by atoms with Gasteiger partial charge in [0.2, 0.25) is 5.91 Å². The second-order valence-electron chi connectivity index (χ2n) is 3.99. The van der Waals surface area contributed by atoms with Crippen LogP contribution in [-0.4, -0.2) is 38.1 Å². The molecule has 2 rings (SSSR count). The number of nitrogens with zero attached hydrogens (tertiary/aromatic N) is 1. The first kappa shape index (κ1) is 15.5. The Morgan fingerprint density at radius 1 is 1.37 bits per heavy atom. The lowest BCUT2D eigenvalue weighted by atomic mass is 10.2. The van der Waals surface area contributed by atoms with Crippen molar-refractivity contribution in [1.29, 1.82) is 0 Å². The minimum Gasteiger partial charge on any atom is -0.462 e. The summed E-state index contributed by atoms with van der Waals surface area (Å²) in [7, 11) is 0. The van der Waals surface area contributed by atoms with Crippen LogP contribution < -0.4 is 10.2 Å². The lowest BCUT2D eigenvalue weighted by Crippen LogP contribution is -2.48. The normalized spacial score (nSPS) is 14.8. The van der Waals surface area contributed by atoms with Crippen molar-refractivity contribution in [2.75, 3.05) is 31.1 Å². The molecule has 0 saturated carbocycles. The lowest BCUT2D eigenvalue weighted by Gasteiger charge is -2.27. The maximum Gasteiger partial charge on any atom is 0.338 e. The number of anilines is 1. The zero-order valence-corrected chi connectivity index (χ0v) is 11.5. The van der Waals surface area contributed by atoms with Crippen molar-refractivity contribution in [3.05, 3.63) is 29.8 Å². The van der Waals surface area contributed by atoms with Gasteiger partial charge in [-0.1, -0.05) is 0 Å². The zero-order valence-electron chi connectivity index (χ0n) is 10.7. The topological polar surface area (TPSA) is 58.6 Å². The molecule has 0 bridgehead atoms. The summed E-state index contributed by atoms with van der Waals surface area (Å²) in [6.45, 7) is 3.92. The molecule has 19 heavy (non-hydrogen) atoms. The summed E-state index contributed by atoms with van der Waals surface area (Å²) in [5.74, 6) is -0.291. The average Bonchev–Trinajstić information content (AvgIpc) is 2.40. The second kappa shape index (κ2) is 7.11. The van der Waals surface area contributed by atoms with Crippen LogP contribution in [-0.2, 0) is 9.53 Å². The first-order chi connectivity index (χ1) is 8.72. The average molecular weight is 285 g/mol. The zero-order chi connectivity index (χ0) is 13.0. The predicted molar refractivity (Wildman–Crippen MR) is 74.9 cm³/mol. The number of nitrogens with one attached hydrogen (secondary N) is 1. The smallest absolute Gasteiger partial charge is 0.338 e. The molecule has 104 valence electrons. The van der Waals surface area contributed by atoms with Gasteiger partial charge >= 0.3 is 5.97 Å². The highest BCUT2D eigenvalue weighted by molar-refractivity contribution is 5.96. The first-order valence-electron chi connectivity index (χ1n) is 6.00. The van der Waals surface area contributed by atoms with Crippen LogP contribution in [0.1, 0.15) is 17.3 Å². The van der Waals surface area contributed by atoms with E-state index in [4.69, 9.17) is 4.74 Å². The van der Waals surface area contributed by atoms with Crippen molar-refractivity contribution in [1.82, 2.24) is 5.32 Å². The fourth-order valence-corrected chi connectivity index (χ4v) is 1.87. The number of esters is 1. The molecule has 0 spiro atoms. The Morgan fingerprint density at radius 3 is 2.63 bits per heavy atom. The molecular formula is C13H17ClN2O3. The van der Waals surface area contributed by atoms with E-state index in [0.29, 0.717) is 25.3 Å². The van der Waals surface area contributed by atoms with Crippen LogP contribution >= 0.6 is 12.4 Å². The Balaban J connectivity index is 0.00000180. The number of halogens is 1. The van der Waals surface area contributed by atoms with Gasteiger partial charge < -0.3 is 15.0 Å². The van der Waals surface area contributed by atoms with Crippen molar-refractivity contribution >= 4 is 30.0 Å². The maximum atomic E-state index is 11.7. The Morgan fingerprint density at radius 2 is 2.05 bits per heavy atom. The number of ether oxygens (including phenoxy) is 1. The van der Waals surface area contributed by atoms with Crippen LogP contribution in [0.5, 0.6) is 0 Å². The van der Waals surface area contributed by atoms with E-state index >= 15 is 0 Å². The highest BCUT2D eigenvalue weighted by Gasteiger charge is 2.19. The number of hydrogen-bond donors (Lipinski definition) is 1. The number of amides is 1. The van der Waals surface area contributed by atoms with E-state index in [1.54, 1.807) is 36.1 Å². The molecule has 1 heterocycles. The van der Waals surface area contributed by atoms with Gasteiger partial charge in [-0.15, -0.1) is 12.4 Å². The van der Waals surface area contributed by atoms with E-state index in [1.165, 1.54) is 0 Å². The quantitative estimate of drug-likeness (QED) is 0.848. The molecule has 6 heteroatoms. The van der Waals surface area contributed by atoms with E-state index in [2.05, 4.69) is 5.32 Å². The first-order valence-corrected chi connectivity index (χ1v) is 6.00. The standard InChI is InChI=1S/C13H16N2O3.ClH/c1-2-18-13(17)10-3-5-11(6-4-10)15-8-7-14-9-12(15)16;/h3-6,14H,2,7-9H2,1H3;1H. The molecule has 0 atom stereocenters. The monoisotopic (exact) mass is 284 g/mol. The number of hydrogen-bond acceptors (Lipinski definition) is 4. The Hall–Kier alpha value is -1.59. The van der Waals surface area contributed by atoms with E-state index in [0.717, 1.165) is 12.2 Å². The molecule has 0 aliphatic carbocycles. The minimum absolute atomic E-state index is 0. The van der Waals surface area contributed by atoms with E-state index in [9.17, 15) is 9.59 Å². The Kier molecular flexibility index (Phi) is 5.79. The van der Waals surface area contributed by atoms with Crippen molar-refractivity contribution in [2.24, 2.45) is 0 Å². The van der Waals surface area contributed by atoms with E-state index in [1.807, 2.05) is 0 Å². The molecule has 1 aromatic carbocycles. The molecule has 1 N–H and O–H groups in total. The van der Waals surface area contributed by atoms with Crippen molar-refractivity contribution in [3.8, 4) is 0 Å². The molecule has 1 saturated heterocycles. The van der Waals surface area contributed by atoms with E-state index in [-0.39, 0.29) is 24.3 Å². The Bertz CT molecular complexity index is 448. The molecule has 1 aliphatic rings. The molecule has 0 radical (unpaired) electrons. The third kappa shape index (κ3) is 3.68. The van der Waals surface area contributed by atoms with Crippen molar-refractivity contribution in [3.63, 3.8) is 0 Å². The molecular weight excluding hydrogens is 268 g/mol. The lowest BCUT2D eigenvalue weighted by molar-refractivity contribution is -0.118. The molecule has 0 aromatic heterocycles. The number of piperazine rings is 1. The molecule has 1 amide bonds. The van der Waals surface area contributed by atoms with Crippen LogP contribution in [0.4, 0.5) is 5.69 Å². The van der Waals surface area contributed by atoms with E-state index < -0.39 is 0 Å². The minimum atomic E-state index is -0.337. The maximum absolute atomic E-state index is 11.7. The van der Waals surface area contributed by atoms with Crippen LogP contribution in [0.25, 0.3) is 0 Å². The van der Waals surface area contributed by atoms with Crippen molar-refractivity contribution in [2.45, 2.75) is 6.92 Å². The summed E-state index contributed by atoms with van der Waals surface area (Å²) >= 11 is 0. The number of carbonyl (C=O) groups excluding carboxylic acids is 2. The molecule has 1 aliphatic heterocycles.